The van der Waals surface area contributed by atoms with Crippen LogP contribution in [0.3, 0.4) is 0 Å². The number of phenols is 3. The second-order valence-corrected chi connectivity index (χ2v) is 41.9. The molecule has 0 aliphatic carbocycles. The lowest BCUT2D eigenvalue weighted by Gasteiger charge is -2.42. The average Bonchev–Trinajstić information content (AvgIpc) is 1.60. The largest absolute Gasteiger partial charge is 0.550 e. The fraction of sp³-hybridized carbons (Fsp3) is 0.500. The van der Waals surface area contributed by atoms with Crippen LogP contribution in [-0.4, -0.2) is 288 Å². The fourth-order valence-electron chi connectivity index (χ4n) is 19.8. The Kier molecular flexibility index (Phi) is 36.7. The standard InChI is InChI=1S/C100H124Cl2N13O27P.C2H4O2/c1-5-6-7-8-9-10-11-12-13-21-75(121)106-84-88(125)86(123)73(50-116)139-99(84)141-91-71-44-56-45-72(91)137-67-31-26-55(42-63(67)101)85(122)83-98(134)110-81(93(129)104-32-20-33-112(3)4)61-46-57(118)47-69(138-100-90(127)89(126)87(124)74(51-117)140-100)76(61)60-41-53(24-29-65(60)119)79(95(131)111-83)107-96(132)80(56)108-97(133)82-62-48-59(49-70(77(62)102)142-143(113-34-14-15-35-113,114-36-16-17-37-114)115-38-18-19-39-115)136-68-43-54(25-30-66(68)120)78(103-2)94(130)105-64(92(128)109-82)40-52-22-27-58(135-71)28-23-52;1-2(3)4/h22-31,41-49,64,73-74,78-90,99-100,103,116-117,122-127H,5-21,32-40,50-51H2,1-4H3,(H10-,104,105,106,107,108,109,110,111,118,119,120,121,128,129,130,131,132,133,134);1H3,(H,3,4)/t64-,73-,74-,78+,79-,80-,81-,82+,83+,84-,85-,86-,87-,88-,89+,90+,99+,100+;/m1./s1. The molecule has 42 nitrogen and oxygen atoms in total. The highest BCUT2D eigenvalue weighted by Gasteiger charge is 2.63. The van der Waals surface area contributed by atoms with Crippen LogP contribution in [0.5, 0.6) is 69.0 Å². The van der Waals surface area contributed by atoms with Crippen molar-refractivity contribution >= 4 is 84.4 Å². The maximum Gasteiger partial charge on any atom is 0.417 e. The van der Waals surface area contributed by atoms with Gasteiger partial charge in [-0.1, -0.05) is 112 Å². The number of aromatic hydroxyl groups is 3. The first kappa shape index (κ1) is 110. The van der Waals surface area contributed by atoms with E-state index in [1.165, 1.54) is 67.7 Å². The number of hydrogen-bond donors (Lipinski definition) is 20. The third-order valence-corrected chi connectivity index (χ3v) is 32.0. The molecule has 11 heterocycles. The summed E-state index contributed by atoms with van der Waals surface area (Å²) < 4.78 is 61.1. The van der Waals surface area contributed by atoms with E-state index in [9.17, 15) is 61.0 Å². The molecule has 0 aromatic heterocycles. The Hall–Kier alpha value is -11.6. The molecule has 11 aliphatic heterocycles. The van der Waals surface area contributed by atoms with Gasteiger partial charge in [-0.15, -0.1) is 14.0 Å². The number of phenolic OH excluding ortho intramolecular Hbond substituents is 3. The maximum absolute atomic E-state index is 17.4. The molecule has 5 saturated heterocycles. The zero-order valence-corrected chi connectivity index (χ0v) is 84.3. The first-order valence-corrected chi connectivity index (χ1v) is 52.0. The zero-order valence-electron chi connectivity index (χ0n) is 81.9. The van der Waals surface area contributed by atoms with Crippen LogP contribution in [0.25, 0.3) is 11.1 Å². The summed E-state index contributed by atoms with van der Waals surface area (Å²) in [6, 6.07) is 8.35. The van der Waals surface area contributed by atoms with Crippen molar-refractivity contribution in [2.24, 2.45) is 0 Å². The molecule has 11 aliphatic rings. The number of aliphatic hydroxyl groups is 8. The van der Waals surface area contributed by atoms with Crippen molar-refractivity contribution in [1.82, 2.24) is 66.8 Å². The Morgan fingerprint density at radius 2 is 1.10 bits per heavy atom. The SMILES string of the molecule is CC(=O)[O-].CCCCCCCCCCCC(=O)N[C@H]1[C@H](Oc2c3cc4cc2Oc2ccc(cc2Cl)[C@@H](O)[C@@H]2NC(=O)[C@H](NC(=O)[C@@H]4NC(=O)[C@H]4NC(=O)[C@@H](Cc5ccc(cc5)O3)NC(=O)[C@@H](NC)c3ccc(O)c(c3)Oc3cc(O[P+](N5CCCC5)(N5CCCC5)N5CCCC5)c(Cl)c4c3)c3ccc(O)c(c3)-c3c(O[C@H]4O[C@H](CO)[C@@H](O)[C@H](O)[C@@H]4O)cc(O)cc3[C@H](C(=O)NCCCN(C)C)NC2=O)O[C@H](CO)[C@@H](O)[C@@H]1O. The number of carbonyl (C=O) groups is 9. The van der Waals surface area contributed by atoms with E-state index in [0.717, 1.165) is 133 Å². The van der Waals surface area contributed by atoms with Crippen LogP contribution < -0.4 is 81.2 Å². The zero-order chi connectivity index (χ0) is 105. The third-order valence-electron chi connectivity index (χ3n) is 27.4. The summed E-state index contributed by atoms with van der Waals surface area (Å²) in [5.41, 5.74) is -2.01. The molecule has 7 aromatic rings. The molecular weight excluding hydrogens is 1970 g/mol. The summed E-state index contributed by atoms with van der Waals surface area (Å²) in [5.74, 6) is -14.9. The Morgan fingerprint density at radius 3 is 1.72 bits per heavy atom. The van der Waals surface area contributed by atoms with Crippen LogP contribution in [0.4, 0.5) is 0 Å². The number of halogens is 2. The smallest absolute Gasteiger partial charge is 0.417 e. The summed E-state index contributed by atoms with van der Waals surface area (Å²) in [4.78, 5) is 140. The summed E-state index contributed by atoms with van der Waals surface area (Å²) >= 11 is 15.5. The number of carbonyl (C=O) groups excluding carboxylic acids is 9. The van der Waals surface area contributed by atoms with Gasteiger partial charge in [0.25, 0.3) is 0 Å². The number of aliphatic carboxylic acids is 1. The normalized spacial score (nSPS) is 26.0. The number of nitrogens with zero attached hydrogens (tertiary/aromatic N) is 4. The molecule has 20 N–H and O–H groups in total. The van der Waals surface area contributed by atoms with Gasteiger partial charge in [0.2, 0.25) is 71.3 Å². The summed E-state index contributed by atoms with van der Waals surface area (Å²) in [6.45, 7) is 5.32. The highest BCUT2D eigenvalue weighted by molar-refractivity contribution is 7.64. The van der Waals surface area contributed by atoms with Crippen LogP contribution >= 0.6 is 31.1 Å². The first-order chi connectivity index (χ1) is 70.6. The van der Waals surface area contributed by atoms with Gasteiger partial charge in [0.1, 0.15) is 132 Å². The second kappa shape index (κ2) is 49.2. The molecule has 0 spiro atoms. The molecule has 794 valence electrons. The molecule has 0 radical (unpaired) electrons. The van der Waals surface area contributed by atoms with Crippen molar-refractivity contribution in [2.75, 3.05) is 86.7 Å². The highest BCUT2D eigenvalue weighted by Crippen LogP contribution is 2.71. The Morgan fingerprint density at radius 1 is 0.531 bits per heavy atom. The number of fused-ring (bicyclic) bond motifs is 14. The van der Waals surface area contributed by atoms with Gasteiger partial charge in [-0.05, 0) is 192 Å². The molecule has 0 saturated carbocycles. The van der Waals surface area contributed by atoms with Gasteiger partial charge in [-0.2, -0.15) is 0 Å². The summed E-state index contributed by atoms with van der Waals surface area (Å²) in [7, 11) is 1.87. The molecule has 17 bridgehead atoms. The predicted molar refractivity (Wildman–Crippen MR) is 531 cm³/mol. The second-order valence-electron chi connectivity index (χ2n) is 38.2. The van der Waals surface area contributed by atoms with Crippen LogP contribution in [0, 0.1) is 0 Å². The number of ether oxygens (including phenoxy) is 7. The van der Waals surface area contributed by atoms with E-state index in [0.29, 0.717) is 70.6 Å². The van der Waals surface area contributed by atoms with E-state index in [1.54, 1.807) is 26.2 Å². The number of carboxylic acids is 1. The van der Waals surface area contributed by atoms with Gasteiger partial charge in [-0.3, -0.25) is 42.9 Å². The molecule has 8 amide bonds. The number of benzene rings is 7. The minimum Gasteiger partial charge on any atom is -0.550 e. The molecule has 45 heteroatoms. The maximum atomic E-state index is 17.4. The number of unbranched alkanes of at least 4 members (excludes halogenated alkanes) is 8. The lowest BCUT2D eigenvalue weighted by molar-refractivity contribution is -0.302. The van der Waals surface area contributed by atoms with E-state index in [-0.39, 0.29) is 75.4 Å². The first-order valence-electron chi connectivity index (χ1n) is 49.7. The monoisotopic (exact) mass is 2100 g/mol. The van der Waals surface area contributed by atoms with Crippen LogP contribution in [0.1, 0.15) is 198 Å². The molecule has 18 rings (SSSR count). The van der Waals surface area contributed by atoms with Crippen molar-refractivity contribution in [3.63, 3.8) is 0 Å². The number of likely N-dealkylation sites (N-methyl/N-ethyl adjacent to an activating group) is 1. The lowest BCUT2D eigenvalue weighted by atomic mass is 9.89. The number of hydrogen-bond acceptors (Lipinski definition) is 34. The quantitative estimate of drug-likeness (QED) is 0.0209. The topological polar surface area (TPSA) is 594 Å². The third kappa shape index (κ3) is 25.3. The highest BCUT2D eigenvalue weighted by atomic mass is 35.5. The Bertz CT molecular complexity index is 5860. The van der Waals surface area contributed by atoms with Crippen LogP contribution in [0.15, 0.2) is 115 Å². The van der Waals surface area contributed by atoms with Gasteiger partial charge >= 0.3 is 7.94 Å². The molecular formula is C102H128Cl2N13O29P. The fourth-order valence-corrected chi connectivity index (χ4v) is 24.5. The van der Waals surface area contributed by atoms with Crippen molar-refractivity contribution in [1.29, 1.82) is 0 Å². The minimum atomic E-state index is -3.20. The molecule has 0 unspecified atom stereocenters. The molecule has 18 atom stereocenters. The van der Waals surface area contributed by atoms with Crippen LogP contribution in [-0.2, 0) is 59.0 Å². The van der Waals surface area contributed by atoms with E-state index in [2.05, 4.69) is 68.8 Å². The van der Waals surface area contributed by atoms with Crippen LogP contribution in [0.2, 0.25) is 10.0 Å². The summed E-state index contributed by atoms with van der Waals surface area (Å²) in [5, 5.41) is 162. The van der Waals surface area contributed by atoms with Crippen molar-refractivity contribution in [3.8, 4) is 80.1 Å². The molecule has 147 heavy (non-hydrogen) atoms. The Balaban J connectivity index is 0.00000398. The number of nitrogens with one attached hydrogen (secondary N) is 9. The number of rotatable bonds is 28. The van der Waals surface area contributed by atoms with Crippen molar-refractivity contribution < 1.29 is 142 Å². The minimum absolute atomic E-state index is 0.0587. The van der Waals surface area contributed by atoms with Gasteiger partial charge < -0.3 is 152 Å². The predicted octanol–water partition coefficient (Wildman–Crippen LogP) is 5.61. The molecule has 5 fully saturated rings. The van der Waals surface area contributed by atoms with E-state index in [4.69, 9.17) is 70.8 Å². The average molecular weight is 2100 g/mol. The van der Waals surface area contributed by atoms with Gasteiger partial charge in [0.15, 0.2) is 23.0 Å². The number of aliphatic hydroxyl groups excluding tert-OH is 8. The Labute approximate surface area is 858 Å². The van der Waals surface area contributed by atoms with E-state index < -0.39 is 252 Å². The van der Waals surface area contributed by atoms with Gasteiger partial charge in [0.05, 0.1) is 23.3 Å². The van der Waals surface area contributed by atoms with Gasteiger partial charge in [0, 0.05) is 93.4 Å². The van der Waals surface area contributed by atoms with Crippen molar-refractivity contribution in [2.45, 2.75) is 239 Å². The van der Waals surface area contributed by atoms with Gasteiger partial charge in [-0.25, -0.2) is 0 Å². The van der Waals surface area contributed by atoms with E-state index >= 15 is 33.6 Å². The van der Waals surface area contributed by atoms with Crippen molar-refractivity contribution in [3.05, 3.63) is 164 Å². The summed E-state index contributed by atoms with van der Waals surface area (Å²) in [6.07, 6.45) is -6.49. The molecule has 7 aromatic carbocycles. The lowest BCUT2D eigenvalue weighted by Crippen LogP contribution is -2.65. The number of carboxylic acid groups (broad SMARTS) is 1. The number of amides is 8. The van der Waals surface area contributed by atoms with E-state index in [1.807, 2.05) is 4.90 Å².